The van der Waals surface area contributed by atoms with Crippen molar-refractivity contribution in [3.63, 3.8) is 0 Å². The van der Waals surface area contributed by atoms with Crippen LogP contribution in [0.2, 0.25) is 0 Å². The highest BCUT2D eigenvalue weighted by molar-refractivity contribution is 7.80. The van der Waals surface area contributed by atoms with Crippen LogP contribution in [0.1, 0.15) is 12.0 Å². The molecule has 0 bridgehead atoms. The molecule has 94 valence electrons. The summed E-state index contributed by atoms with van der Waals surface area (Å²) in [7, 11) is 0. The van der Waals surface area contributed by atoms with Gasteiger partial charge in [-0.15, -0.1) is 5.10 Å². The van der Waals surface area contributed by atoms with Crippen molar-refractivity contribution < 1.29 is 0 Å². The van der Waals surface area contributed by atoms with Crippen molar-refractivity contribution in [3.8, 4) is 0 Å². The predicted octanol–water partition coefficient (Wildman–Crippen LogP) is 0.809. The van der Waals surface area contributed by atoms with E-state index in [9.17, 15) is 0 Å². The van der Waals surface area contributed by atoms with Crippen molar-refractivity contribution in [1.82, 2.24) is 20.0 Å². The number of pyridine rings is 1. The van der Waals surface area contributed by atoms with E-state index in [4.69, 9.17) is 18.0 Å². The molecule has 2 aromatic rings. The Balaban J connectivity index is 1.79. The van der Waals surface area contributed by atoms with E-state index >= 15 is 0 Å². The summed E-state index contributed by atoms with van der Waals surface area (Å²) in [6, 6.07) is 3.64. The SMILES string of the molecule is NC(=S)c1ccnc(NCCCn2ccnn2)c1. The van der Waals surface area contributed by atoms with E-state index in [2.05, 4.69) is 20.6 Å². The molecule has 0 radical (unpaired) electrons. The first-order valence-electron chi connectivity index (χ1n) is 5.59. The number of nitrogens with zero attached hydrogens (tertiary/aromatic N) is 4. The summed E-state index contributed by atoms with van der Waals surface area (Å²) in [4.78, 5) is 4.57. The maximum absolute atomic E-state index is 5.56. The van der Waals surface area contributed by atoms with E-state index < -0.39 is 0 Å². The summed E-state index contributed by atoms with van der Waals surface area (Å²) in [5, 5.41) is 10.8. The highest BCUT2D eigenvalue weighted by Crippen LogP contribution is 2.06. The fraction of sp³-hybridized carbons (Fsp3) is 0.273. The Labute approximate surface area is 110 Å². The fourth-order valence-electron chi connectivity index (χ4n) is 1.49. The summed E-state index contributed by atoms with van der Waals surface area (Å²) in [6.07, 6.45) is 6.13. The van der Waals surface area contributed by atoms with Crippen LogP contribution >= 0.6 is 12.2 Å². The van der Waals surface area contributed by atoms with Gasteiger partial charge in [-0.2, -0.15) is 0 Å². The molecule has 0 atom stereocenters. The highest BCUT2D eigenvalue weighted by Gasteiger charge is 1.99. The lowest BCUT2D eigenvalue weighted by atomic mass is 10.2. The number of nitrogens with two attached hydrogens (primary N) is 1. The number of thiocarbonyl (C=S) groups is 1. The molecule has 2 aromatic heterocycles. The molecule has 0 spiro atoms. The van der Waals surface area contributed by atoms with Crippen LogP contribution in [0.4, 0.5) is 5.82 Å². The van der Waals surface area contributed by atoms with Gasteiger partial charge in [-0.25, -0.2) is 4.98 Å². The molecule has 0 saturated carbocycles. The third kappa shape index (κ3) is 3.49. The van der Waals surface area contributed by atoms with Crippen LogP contribution in [0, 0.1) is 0 Å². The lowest BCUT2D eigenvalue weighted by molar-refractivity contribution is 0.569. The summed E-state index contributed by atoms with van der Waals surface area (Å²) < 4.78 is 1.79. The molecule has 6 nitrogen and oxygen atoms in total. The van der Waals surface area contributed by atoms with E-state index in [1.54, 1.807) is 23.1 Å². The zero-order chi connectivity index (χ0) is 12.8. The third-order valence-electron chi connectivity index (χ3n) is 2.39. The lowest BCUT2D eigenvalue weighted by Crippen LogP contribution is -2.12. The number of hydrogen-bond acceptors (Lipinski definition) is 5. The van der Waals surface area contributed by atoms with Crippen LogP contribution in [0.15, 0.2) is 30.7 Å². The van der Waals surface area contributed by atoms with E-state index in [1.807, 2.05) is 12.3 Å². The van der Waals surface area contributed by atoms with E-state index in [-0.39, 0.29) is 0 Å². The smallest absolute Gasteiger partial charge is 0.126 e. The molecule has 0 aliphatic heterocycles. The lowest BCUT2D eigenvalue weighted by Gasteiger charge is -2.06. The second-order valence-corrected chi connectivity index (χ2v) is 4.18. The van der Waals surface area contributed by atoms with Crippen LogP contribution in [-0.4, -0.2) is 31.5 Å². The maximum Gasteiger partial charge on any atom is 0.126 e. The van der Waals surface area contributed by atoms with Gasteiger partial charge in [0.2, 0.25) is 0 Å². The van der Waals surface area contributed by atoms with Gasteiger partial charge >= 0.3 is 0 Å². The van der Waals surface area contributed by atoms with Gasteiger partial charge < -0.3 is 11.1 Å². The average Bonchev–Trinajstić information content (AvgIpc) is 2.88. The first-order valence-corrected chi connectivity index (χ1v) is 6.00. The molecule has 2 heterocycles. The number of aryl methyl sites for hydroxylation is 1. The van der Waals surface area contributed by atoms with E-state index in [0.717, 1.165) is 30.9 Å². The summed E-state index contributed by atoms with van der Waals surface area (Å²) >= 11 is 4.91. The second-order valence-electron chi connectivity index (χ2n) is 3.74. The van der Waals surface area contributed by atoms with Crippen LogP contribution in [-0.2, 0) is 6.54 Å². The van der Waals surface area contributed by atoms with Gasteiger partial charge in [0.15, 0.2) is 0 Å². The predicted molar refractivity (Wildman–Crippen MR) is 73.3 cm³/mol. The van der Waals surface area contributed by atoms with Gasteiger partial charge in [0.1, 0.15) is 10.8 Å². The molecule has 0 saturated heterocycles. The summed E-state index contributed by atoms with van der Waals surface area (Å²) in [5.41, 5.74) is 6.38. The fourth-order valence-corrected chi connectivity index (χ4v) is 1.62. The van der Waals surface area contributed by atoms with Crippen LogP contribution < -0.4 is 11.1 Å². The number of anilines is 1. The Kier molecular flexibility index (Phi) is 4.19. The Morgan fingerprint density at radius 1 is 1.44 bits per heavy atom. The van der Waals surface area contributed by atoms with Gasteiger partial charge in [-0.1, -0.05) is 17.4 Å². The number of aromatic nitrogens is 4. The monoisotopic (exact) mass is 262 g/mol. The van der Waals surface area contributed by atoms with Crippen molar-refractivity contribution in [2.24, 2.45) is 5.73 Å². The van der Waals surface area contributed by atoms with Crippen molar-refractivity contribution in [2.45, 2.75) is 13.0 Å². The molecule has 7 heteroatoms. The molecule has 0 aliphatic carbocycles. The third-order valence-corrected chi connectivity index (χ3v) is 2.62. The molecule has 0 aliphatic rings. The minimum Gasteiger partial charge on any atom is -0.389 e. The van der Waals surface area contributed by atoms with Gasteiger partial charge in [0.25, 0.3) is 0 Å². The number of nitrogens with one attached hydrogen (secondary N) is 1. The molecule has 0 amide bonds. The van der Waals surface area contributed by atoms with Crippen LogP contribution in [0.3, 0.4) is 0 Å². The van der Waals surface area contributed by atoms with Crippen molar-refractivity contribution in [2.75, 3.05) is 11.9 Å². The number of hydrogen-bond donors (Lipinski definition) is 2. The van der Waals surface area contributed by atoms with Crippen molar-refractivity contribution in [3.05, 3.63) is 36.3 Å². The summed E-state index contributed by atoms with van der Waals surface area (Å²) in [6.45, 7) is 1.62. The Morgan fingerprint density at radius 3 is 3.06 bits per heavy atom. The Morgan fingerprint density at radius 2 is 2.33 bits per heavy atom. The Bertz CT molecular complexity index is 510. The highest BCUT2D eigenvalue weighted by atomic mass is 32.1. The molecular weight excluding hydrogens is 248 g/mol. The molecule has 0 fully saturated rings. The largest absolute Gasteiger partial charge is 0.389 e. The van der Waals surface area contributed by atoms with Crippen LogP contribution in [0.25, 0.3) is 0 Å². The minimum atomic E-state index is 0.378. The average molecular weight is 262 g/mol. The van der Waals surface area contributed by atoms with Crippen molar-refractivity contribution in [1.29, 1.82) is 0 Å². The Hall–Kier alpha value is -2.02. The van der Waals surface area contributed by atoms with Gasteiger partial charge in [-0.3, -0.25) is 4.68 Å². The second kappa shape index (κ2) is 6.06. The quantitative estimate of drug-likeness (QED) is 0.592. The van der Waals surface area contributed by atoms with Gasteiger partial charge in [-0.05, 0) is 18.6 Å². The molecule has 0 aromatic carbocycles. The summed E-state index contributed by atoms with van der Waals surface area (Å²) in [5.74, 6) is 0.777. The molecule has 0 unspecified atom stereocenters. The van der Waals surface area contributed by atoms with Gasteiger partial charge in [0.05, 0.1) is 6.20 Å². The van der Waals surface area contributed by atoms with E-state index in [0.29, 0.717) is 4.99 Å². The standard InChI is InChI=1S/C11H14N6S/c12-11(18)9-2-4-14-10(8-9)13-3-1-6-17-7-5-15-16-17/h2,4-5,7-8H,1,3,6H2,(H2,12,18)(H,13,14). The molecule has 18 heavy (non-hydrogen) atoms. The molecular formula is C11H14N6S. The molecule has 3 N–H and O–H groups in total. The van der Waals surface area contributed by atoms with Crippen molar-refractivity contribution >= 4 is 23.0 Å². The van der Waals surface area contributed by atoms with E-state index in [1.165, 1.54) is 0 Å². The molecule has 2 rings (SSSR count). The zero-order valence-electron chi connectivity index (χ0n) is 9.78. The van der Waals surface area contributed by atoms with Crippen LogP contribution in [0.5, 0.6) is 0 Å². The van der Waals surface area contributed by atoms with Gasteiger partial charge in [0, 0.05) is 31.0 Å². The normalized spacial score (nSPS) is 10.2. The topological polar surface area (TPSA) is 81.6 Å². The maximum atomic E-state index is 5.56. The zero-order valence-corrected chi connectivity index (χ0v) is 10.6. The minimum absolute atomic E-state index is 0.378. The number of rotatable bonds is 6. The first-order chi connectivity index (χ1) is 8.75. The first kappa shape index (κ1) is 12.4.